The molecule has 2 amide bonds. The Balaban J connectivity index is 2.15. The molecule has 0 aliphatic heterocycles. The van der Waals surface area contributed by atoms with E-state index in [1.807, 2.05) is 0 Å². The molecular weight excluding hydrogens is 354 g/mol. The summed E-state index contributed by atoms with van der Waals surface area (Å²) in [4.78, 5) is 34.0. The van der Waals surface area contributed by atoms with Crippen molar-refractivity contribution in [1.82, 2.24) is 0 Å². The summed E-state index contributed by atoms with van der Waals surface area (Å²) in [6, 6.07) is 7.44. The summed E-state index contributed by atoms with van der Waals surface area (Å²) in [5.41, 5.74) is -0.199. The molecule has 25 heavy (non-hydrogen) atoms. The summed E-state index contributed by atoms with van der Waals surface area (Å²) < 4.78 is 4.96. The minimum absolute atomic E-state index is 0.0148. The van der Waals surface area contributed by atoms with E-state index in [1.54, 1.807) is 0 Å². The Morgan fingerprint density at radius 3 is 2.36 bits per heavy atom. The van der Waals surface area contributed by atoms with Crippen LogP contribution in [0.5, 0.6) is 11.5 Å². The average Bonchev–Trinajstić information content (AvgIpc) is 2.58. The van der Waals surface area contributed by atoms with Crippen LogP contribution in [0, 0.1) is 10.1 Å². The van der Waals surface area contributed by atoms with Gasteiger partial charge in [0.25, 0.3) is 5.69 Å². The molecule has 0 radical (unpaired) electrons. The van der Waals surface area contributed by atoms with Crippen molar-refractivity contribution in [3.05, 3.63) is 51.5 Å². The van der Waals surface area contributed by atoms with E-state index < -0.39 is 16.7 Å². The van der Waals surface area contributed by atoms with Crippen LogP contribution in [0.25, 0.3) is 0 Å². The third-order valence-corrected chi connectivity index (χ3v) is 3.29. The molecule has 2 rings (SSSR count). The van der Waals surface area contributed by atoms with E-state index >= 15 is 0 Å². The molecule has 10 heteroatoms. The first-order valence-electron chi connectivity index (χ1n) is 6.75. The number of carbonyl (C=O) groups excluding carboxylic acids is 2. The van der Waals surface area contributed by atoms with Crippen molar-refractivity contribution < 1.29 is 24.4 Å². The number of phenolic OH excluding ortho intramolecular Hbond substituents is 1. The summed E-state index contributed by atoms with van der Waals surface area (Å²) in [5.74, 6) is -2.39. The Bertz CT molecular complexity index is 855. The molecule has 0 spiro atoms. The fourth-order valence-electron chi connectivity index (χ4n) is 1.86. The number of anilines is 2. The number of benzene rings is 2. The van der Waals surface area contributed by atoms with Gasteiger partial charge in [-0.25, -0.2) is 0 Å². The van der Waals surface area contributed by atoms with E-state index in [2.05, 4.69) is 10.6 Å². The summed E-state index contributed by atoms with van der Waals surface area (Å²) in [6.45, 7) is 0. The number of methoxy groups -OCH3 is 1. The van der Waals surface area contributed by atoms with E-state index in [0.717, 1.165) is 12.1 Å². The summed E-state index contributed by atoms with van der Waals surface area (Å²) in [6.07, 6.45) is 0. The highest BCUT2D eigenvalue weighted by molar-refractivity contribution is 6.44. The van der Waals surface area contributed by atoms with Crippen molar-refractivity contribution in [3.63, 3.8) is 0 Å². The molecule has 3 N–H and O–H groups in total. The molecule has 0 heterocycles. The molecule has 2 aromatic rings. The molecule has 0 unspecified atom stereocenters. The van der Waals surface area contributed by atoms with Crippen LogP contribution in [0.15, 0.2) is 36.4 Å². The highest BCUT2D eigenvalue weighted by Gasteiger charge is 2.19. The van der Waals surface area contributed by atoms with Crippen molar-refractivity contribution in [2.75, 3.05) is 17.7 Å². The summed E-state index contributed by atoms with van der Waals surface area (Å²) >= 11 is 5.76. The van der Waals surface area contributed by atoms with Gasteiger partial charge in [-0.2, -0.15) is 0 Å². The lowest BCUT2D eigenvalue weighted by Gasteiger charge is -2.11. The number of ether oxygens (including phenoxy) is 1. The number of halogens is 1. The molecule has 0 aliphatic carbocycles. The number of non-ortho nitro benzene ring substituents is 1. The van der Waals surface area contributed by atoms with Gasteiger partial charge in [-0.1, -0.05) is 11.6 Å². The van der Waals surface area contributed by atoms with Crippen molar-refractivity contribution in [2.24, 2.45) is 0 Å². The summed E-state index contributed by atoms with van der Waals surface area (Å²) in [5, 5.41) is 25.1. The molecule has 0 saturated carbocycles. The quantitative estimate of drug-likeness (QED) is 0.330. The average molecular weight is 366 g/mol. The van der Waals surface area contributed by atoms with Gasteiger partial charge in [-0.15, -0.1) is 0 Å². The van der Waals surface area contributed by atoms with Gasteiger partial charge in [0.1, 0.15) is 11.5 Å². The van der Waals surface area contributed by atoms with Crippen LogP contribution in [-0.4, -0.2) is 29.0 Å². The van der Waals surface area contributed by atoms with Crippen LogP contribution < -0.4 is 15.4 Å². The van der Waals surface area contributed by atoms with E-state index in [1.165, 1.54) is 31.4 Å². The number of hydrogen-bond acceptors (Lipinski definition) is 6. The number of amides is 2. The molecule has 0 aliphatic rings. The van der Waals surface area contributed by atoms with Crippen molar-refractivity contribution in [3.8, 4) is 11.5 Å². The van der Waals surface area contributed by atoms with Gasteiger partial charge < -0.3 is 20.5 Å². The van der Waals surface area contributed by atoms with Crippen LogP contribution in [0.4, 0.5) is 17.1 Å². The zero-order valence-corrected chi connectivity index (χ0v) is 13.5. The highest BCUT2D eigenvalue weighted by Crippen LogP contribution is 2.29. The Labute approximate surface area is 146 Å². The van der Waals surface area contributed by atoms with Crippen LogP contribution >= 0.6 is 11.6 Å². The van der Waals surface area contributed by atoms with Crippen LogP contribution in [0.2, 0.25) is 5.02 Å². The minimum atomic E-state index is -1.07. The lowest BCUT2D eigenvalue weighted by molar-refractivity contribution is -0.384. The van der Waals surface area contributed by atoms with Gasteiger partial charge in [0.05, 0.1) is 29.5 Å². The normalized spacial score (nSPS) is 10.0. The fourth-order valence-corrected chi connectivity index (χ4v) is 2.04. The molecule has 0 aromatic heterocycles. The second kappa shape index (κ2) is 7.49. The standard InChI is InChI=1S/C15H12ClN3O6/c1-25-13-7-9(19(23)24)3-4-10(13)17-14(21)15(22)18-11-6-8(16)2-5-12(11)20/h2-7,20H,1H3,(H,17,21)(H,18,22). The van der Waals surface area contributed by atoms with Crippen molar-refractivity contribution in [1.29, 1.82) is 0 Å². The van der Waals surface area contributed by atoms with E-state index in [4.69, 9.17) is 16.3 Å². The molecule has 0 atom stereocenters. The fraction of sp³-hybridized carbons (Fsp3) is 0.0667. The first-order valence-corrected chi connectivity index (χ1v) is 7.13. The Morgan fingerprint density at radius 2 is 1.76 bits per heavy atom. The second-order valence-electron chi connectivity index (χ2n) is 4.71. The Morgan fingerprint density at radius 1 is 1.12 bits per heavy atom. The Kier molecular flexibility index (Phi) is 5.40. The van der Waals surface area contributed by atoms with Gasteiger partial charge in [0.15, 0.2) is 0 Å². The highest BCUT2D eigenvalue weighted by atomic mass is 35.5. The number of phenols is 1. The molecule has 2 aromatic carbocycles. The number of aromatic hydroxyl groups is 1. The third-order valence-electron chi connectivity index (χ3n) is 3.06. The van der Waals surface area contributed by atoms with Crippen molar-refractivity contribution >= 4 is 40.5 Å². The number of nitrogens with zero attached hydrogens (tertiary/aromatic N) is 1. The van der Waals surface area contributed by atoms with Gasteiger partial charge in [0.2, 0.25) is 0 Å². The lowest BCUT2D eigenvalue weighted by atomic mass is 10.2. The van der Waals surface area contributed by atoms with Crippen LogP contribution in [0.1, 0.15) is 0 Å². The first kappa shape index (κ1) is 18.0. The molecule has 9 nitrogen and oxygen atoms in total. The number of nitrogens with one attached hydrogen (secondary N) is 2. The van der Waals surface area contributed by atoms with Gasteiger partial charge >= 0.3 is 11.8 Å². The number of nitro benzene ring substituents is 1. The maximum Gasteiger partial charge on any atom is 0.314 e. The number of rotatable bonds is 4. The zero-order chi connectivity index (χ0) is 18.6. The molecular formula is C15H12ClN3O6. The lowest BCUT2D eigenvalue weighted by Crippen LogP contribution is -2.29. The zero-order valence-electron chi connectivity index (χ0n) is 12.8. The number of hydrogen-bond donors (Lipinski definition) is 3. The van der Waals surface area contributed by atoms with Gasteiger partial charge in [0, 0.05) is 11.1 Å². The van der Waals surface area contributed by atoms with E-state index in [0.29, 0.717) is 0 Å². The molecule has 130 valence electrons. The number of nitro groups is 1. The maximum absolute atomic E-state index is 12.0. The molecule has 0 saturated heterocycles. The monoisotopic (exact) mass is 365 g/mol. The predicted molar refractivity (Wildman–Crippen MR) is 90.0 cm³/mol. The molecule has 0 bridgehead atoms. The predicted octanol–water partition coefficient (Wildman–Crippen LogP) is 2.54. The van der Waals surface area contributed by atoms with Crippen molar-refractivity contribution in [2.45, 2.75) is 0 Å². The topological polar surface area (TPSA) is 131 Å². The first-order chi connectivity index (χ1) is 11.8. The van der Waals surface area contributed by atoms with E-state index in [9.17, 15) is 24.8 Å². The van der Waals surface area contributed by atoms with Gasteiger partial charge in [-0.3, -0.25) is 19.7 Å². The van der Waals surface area contributed by atoms with Gasteiger partial charge in [-0.05, 0) is 24.3 Å². The largest absolute Gasteiger partial charge is 0.506 e. The maximum atomic E-state index is 12.0. The van der Waals surface area contributed by atoms with Crippen LogP contribution in [-0.2, 0) is 9.59 Å². The number of carbonyl (C=O) groups is 2. The SMILES string of the molecule is COc1cc([N+](=O)[O-])ccc1NC(=O)C(=O)Nc1cc(Cl)ccc1O. The van der Waals surface area contributed by atoms with E-state index in [-0.39, 0.29) is 33.6 Å². The van der Waals surface area contributed by atoms with Crippen LogP contribution in [0.3, 0.4) is 0 Å². The third kappa shape index (κ3) is 4.36. The summed E-state index contributed by atoms with van der Waals surface area (Å²) in [7, 11) is 1.26. The molecule has 0 fully saturated rings. The second-order valence-corrected chi connectivity index (χ2v) is 5.15. The smallest absolute Gasteiger partial charge is 0.314 e. The minimum Gasteiger partial charge on any atom is -0.506 e. The Hall–Kier alpha value is -3.33.